The van der Waals surface area contributed by atoms with E-state index in [1.807, 2.05) is 13.0 Å². The van der Waals surface area contributed by atoms with E-state index in [-0.39, 0.29) is 0 Å². The summed E-state index contributed by atoms with van der Waals surface area (Å²) in [4.78, 5) is 4.49. The van der Waals surface area contributed by atoms with Crippen LogP contribution in [0.4, 0.5) is 0 Å². The molecule has 0 bridgehead atoms. The average molecular weight is 283 g/mol. The quantitative estimate of drug-likeness (QED) is 0.925. The summed E-state index contributed by atoms with van der Waals surface area (Å²) in [5.74, 6) is 0.424. The SMILES string of the molecule is Cc1cc(CC(C)CN)c2cc(Cl)cc(Cl)c2n1. The van der Waals surface area contributed by atoms with Gasteiger partial charge >= 0.3 is 0 Å². The molecule has 2 rings (SSSR count). The van der Waals surface area contributed by atoms with Crippen LogP contribution in [0.15, 0.2) is 18.2 Å². The highest BCUT2D eigenvalue weighted by Gasteiger charge is 2.11. The lowest BCUT2D eigenvalue weighted by Gasteiger charge is -2.13. The monoisotopic (exact) mass is 282 g/mol. The number of fused-ring (bicyclic) bond motifs is 1. The summed E-state index contributed by atoms with van der Waals surface area (Å²) in [6.07, 6.45) is 0.910. The number of halogens is 2. The molecule has 0 amide bonds. The Kier molecular flexibility index (Phi) is 4.10. The first-order valence-corrected chi connectivity index (χ1v) is 6.72. The summed E-state index contributed by atoms with van der Waals surface area (Å²) >= 11 is 12.3. The number of nitrogens with zero attached hydrogens (tertiary/aromatic N) is 1. The Bertz CT molecular complexity index is 582. The molecule has 1 heterocycles. The lowest BCUT2D eigenvalue weighted by Crippen LogP contribution is -2.13. The van der Waals surface area contributed by atoms with Crippen molar-refractivity contribution in [3.8, 4) is 0 Å². The Labute approximate surface area is 117 Å². The fraction of sp³-hybridized carbons (Fsp3) is 0.357. The Balaban J connectivity index is 2.64. The van der Waals surface area contributed by atoms with Crippen LogP contribution in [0.1, 0.15) is 18.2 Å². The van der Waals surface area contributed by atoms with Crippen molar-refractivity contribution in [2.45, 2.75) is 20.3 Å². The smallest absolute Gasteiger partial charge is 0.0895 e. The second kappa shape index (κ2) is 5.43. The van der Waals surface area contributed by atoms with E-state index in [2.05, 4.69) is 18.0 Å². The highest BCUT2D eigenvalue weighted by atomic mass is 35.5. The molecule has 1 atom stereocenters. The zero-order valence-electron chi connectivity index (χ0n) is 10.5. The average Bonchev–Trinajstić information content (AvgIpc) is 2.30. The van der Waals surface area contributed by atoms with Crippen molar-refractivity contribution < 1.29 is 0 Å². The van der Waals surface area contributed by atoms with Gasteiger partial charge in [0.25, 0.3) is 0 Å². The van der Waals surface area contributed by atoms with Crippen molar-refractivity contribution in [2.75, 3.05) is 6.54 Å². The van der Waals surface area contributed by atoms with Crippen molar-refractivity contribution in [2.24, 2.45) is 11.7 Å². The molecule has 0 saturated carbocycles. The van der Waals surface area contributed by atoms with E-state index in [9.17, 15) is 0 Å². The van der Waals surface area contributed by atoms with Gasteiger partial charge in [-0.15, -0.1) is 0 Å². The lowest BCUT2D eigenvalue weighted by atomic mass is 9.97. The molecule has 0 aliphatic heterocycles. The summed E-state index contributed by atoms with van der Waals surface area (Å²) in [5.41, 5.74) is 8.69. The fourth-order valence-electron chi connectivity index (χ4n) is 2.09. The maximum atomic E-state index is 6.21. The minimum absolute atomic E-state index is 0.424. The van der Waals surface area contributed by atoms with Gasteiger partial charge in [0.2, 0.25) is 0 Å². The highest BCUT2D eigenvalue weighted by molar-refractivity contribution is 6.38. The number of nitrogens with two attached hydrogens (primary N) is 1. The second-order valence-corrected chi connectivity index (χ2v) is 5.60. The summed E-state index contributed by atoms with van der Waals surface area (Å²) in [7, 11) is 0. The minimum Gasteiger partial charge on any atom is -0.330 e. The molecule has 2 aromatic rings. The van der Waals surface area contributed by atoms with E-state index in [0.29, 0.717) is 22.5 Å². The fourth-order valence-corrected chi connectivity index (χ4v) is 2.63. The van der Waals surface area contributed by atoms with Crippen LogP contribution in [0.5, 0.6) is 0 Å². The van der Waals surface area contributed by atoms with Crippen LogP contribution >= 0.6 is 23.2 Å². The van der Waals surface area contributed by atoms with E-state index in [1.54, 1.807) is 6.07 Å². The molecule has 0 fully saturated rings. The summed E-state index contributed by atoms with van der Waals surface area (Å²) in [6.45, 7) is 4.77. The van der Waals surface area contributed by atoms with Crippen molar-refractivity contribution in [3.05, 3.63) is 39.5 Å². The molecular weight excluding hydrogens is 267 g/mol. The molecule has 1 aromatic heterocycles. The van der Waals surface area contributed by atoms with Crippen molar-refractivity contribution in [1.82, 2.24) is 4.98 Å². The zero-order chi connectivity index (χ0) is 13.3. The molecule has 1 aromatic carbocycles. The molecule has 2 N–H and O–H groups in total. The van der Waals surface area contributed by atoms with Gasteiger partial charge in [0.15, 0.2) is 0 Å². The van der Waals surface area contributed by atoms with Gasteiger partial charge < -0.3 is 5.73 Å². The molecule has 1 unspecified atom stereocenters. The van der Waals surface area contributed by atoms with Crippen molar-refractivity contribution >= 4 is 34.1 Å². The van der Waals surface area contributed by atoms with E-state index in [1.165, 1.54) is 5.56 Å². The van der Waals surface area contributed by atoms with Gasteiger partial charge in [-0.25, -0.2) is 0 Å². The van der Waals surface area contributed by atoms with Gasteiger partial charge in [-0.05, 0) is 49.6 Å². The van der Waals surface area contributed by atoms with Crippen LogP contribution in [-0.2, 0) is 6.42 Å². The Morgan fingerprint density at radius 3 is 2.67 bits per heavy atom. The van der Waals surface area contributed by atoms with Crippen LogP contribution < -0.4 is 5.73 Å². The largest absolute Gasteiger partial charge is 0.330 e. The molecule has 0 saturated heterocycles. The van der Waals surface area contributed by atoms with Crippen LogP contribution in [0, 0.1) is 12.8 Å². The number of aromatic nitrogens is 1. The third kappa shape index (κ3) is 2.77. The predicted molar refractivity (Wildman–Crippen MR) is 78.4 cm³/mol. The minimum atomic E-state index is 0.424. The molecule has 96 valence electrons. The number of pyridine rings is 1. The van der Waals surface area contributed by atoms with Crippen LogP contribution in [0.3, 0.4) is 0 Å². The van der Waals surface area contributed by atoms with Crippen LogP contribution in [0.2, 0.25) is 10.0 Å². The predicted octanol–water partition coefficient (Wildman–Crippen LogP) is 3.99. The van der Waals surface area contributed by atoms with E-state index in [4.69, 9.17) is 28.9 Å². The number of aryl methyl sites for hydroxylation is 1. The number of rotatable bonds is 3. The van der Waals surface area contributed by atoms with E-state index < -0.39 is 0 Å². The molecule has 0 spiro atoms. The molecule has 4 heteroatoms. The van der Waals surface area contributed by atoms with E-state index >= 15 is 0 Å². The first-order chi connectivity index (χ1) is 8.51. The normalized spacial score (nSPS) is 12.9. The van der Waals surface area contributed by atoms with Crippen LogP contribution in [-0.4, -0.2) is 11.5 Å². The van der Waals surface area contributed by atoms with Gasteiger partial charge in [0, 0.05) is 16.1 Å². The Morgan fingerprint density at radius 1 is 1.28 bits per heavy atom. The van der Waals surface area contributed by atoms with Gasteiger partial charge in [-0.1, -0.05) is 30.1 Å². The van der Waals surface area contributed by atoms with Gasteiger partial charge in [-0.3, -0.25) is 4.98 Å². The van der Waals surface area contributed by atoms with Crippen molar-refractivity contribution in [3.63, 3.8) is 0 Å². The summed E-state index contributed by atoms with van der Waals surface area (Å²) in [6, 6.07) is 5.74. The lowest BCUT2D eigenvalue weighted by molar-refractivity contribution is 0.595. The molecule has 2 nitrogen and oxygen atoms in total. The first kappa shape index (κ1) is 13.6. The molecular formula is C14H16Cl2N2. The van der Waals surface area contributed by atoms with E-state index in [0.717, 1.165) is 23.0 Å². The Morgan fingerprint density at radius 2 is 2.00 bits per heavy atom. The summed E-state index contributed by atoms with van der Waals surface area (Å²) < 4.78 is 0. The van der Waals surface area contributed by atoms with Crippen LogP contribution in [0.25, 0.3) is 10.9 Å². The third-order valence-corrected chi connectivity index (χ3v) is 3.52. The molecule has 0 aliphatic carbocycles. The highest BCUT2D eigenvalue weighted by Crippen LogP contribution is 2.30. The third-order valence-electron chi connectivity index (χ3n) is 3.02. The maximum absolute atomic E-state index is 6.21. The number of hydrogen-bond donors (Lipinski definition) is 1. The second-order valence-electron chi connectivity index (χ2n) is 4.75. The van der Waals surface area contributed by atoms with Gasteiger partial charge in [0.05, 0.1) is 10.5 Å². The first-order valence-electron chi connectivity index (χ1n) is 5.96. The molecule has 0 radical (unpaired) electrons. The topological polar surface area (TPSA) is 38.9 Å². The molecule has 18 heavy (non-hydrogen) atoms. The van der Waals surface area contributed by atoms with Gasteiger partial charge in [0.1, 0.15) is 0 Å². The molecule has 0 aliphatic rings. The number of benzene rings is 1. The van der Waals surface area contributed by atoms with Crippen molar-refractivity contribution in [1.29, 1.82) is 0 Å². The standard InChI is InChI=1S/C14H16Cl2N2/c1-8(7-17)3-10-4-9(2)18-14-12(10)5-11(15)6-13(14)16/h4-6,8H,3,7,17H2,1-2H3. The maximum Gasteiger partial charge on any atom is 0.0895 e. The summed E-state index contributed by atoms with van der Waals surface area (Å²) in [5, 5.41) is 2.26. The van der Waals surface area contributed by atoms with Gasteiger partial charge in [-0.2, -0.15) is 0 Å². The number of hydrogen-bond acceptors (Lipinski definition) is 2. The zero-order valence-corrected chi connectivity index (χ0v) is 12.0. The Hall–Kier alpha value is -0.830.